The number of alkyl halides is 2. The van der Waals surface area contributed by atoms with Crippen LogP contribution in [-0.2, 0) is 16.1 Å². The summed E-state index contributed by atoms with van der Waals surface area (Å²) in [6.07, 6.45) is -1.04. The van der Waals surface area contributed by atoms with Gasteiger partial charge in [-0.05, 0) is 44.5 Å². The molecule has 1 N–H and O–H groups in total. The number of aryl methyl sites for hydroxylation is 1. The van der Waals surface area contributed by atoms with E-state index in [0.717, 1.165) is 11.1 Å². The zero-order valence-electron chi connectivity index (χ0n) is 16.4. The van der Waals surface area contributed by atoms with E-state index in [1.807, 2.05) is 31.2 Å². The van der Waals surface area contributed by atoms with Crippen LogP contribution in [0.15, 0.2) is 42.5 Å². The standard InChI is InChI=1S/C21H23F2NO5/c1-4-27-18-11-16(9-10-17(18)29-21(22)23)20(26)28-14(3)19(25)24-12-15-7-5-13(2)6-8-15/h5-11,14,21H,4,12H2,1-3H3,(H,24,25)/t14-/m0/s1. The summed E-state index contributed by atoms with van der Waals surface area (Å²) in [7, 11) is 0. The predicted molar refractivity (Wildman–Crippen MR) is 102 cm³/mol. The Bertz CT molecular complexity index is 839. The van der Waals surface area contributed by atoms with E-state index in [1.54, 1.807) is 6.92 Å². The molecule has 0 heterocycles. The Balaban J connectivity index is 1.97. The maximum absolute atomic E-state index is 12.5. The minimum absolute atomic E-state index is 0.0151. The number of esters is 1. The molecule has 2 rings (SSSR count). The predicted octanol–water partition coefficient (Wildman–Crippen LogP) is 3.86. The van der Waals surface area contributed by atoms with E-state index in [2.05, 4.69) is 10.1 Å². The Kier molecular flexibility index (Phi) is 7.94. The van der Waals surface area contributed by atoms with Crippen LogP contribution in [0.5, 0.6) is 11.5 Å². The van der Waals surface area contributed by atoms with Crippen molar-refractivity contribution >= 4 is 11.9 Å². The van der Waals surface area contributed by atoms with E-state index in [4.69, 9.17) is 9.47 Å². The summed E-state index contributed by atoms with van der Waals surface area (Å²) in [5.41, 5.74) is 2.07. The first-order valence-corrected chi connectivity index (χ1v) is 9.06. The molecule has 0 aliphatic rings. The molecular formula is C21H23F2NO5. The summed E-state index contributed by atoms with van der Waals surface area (Å²) in [5.74, 6) is -1.45. The fourth-order valence-corrected chi connectivity index (χ4v) is 2.42. The summed E-state index contributed by atoms with van der Waals surface area (Å²) in [6, 6.07) is 11.3. The van der Waals surface area contributed by atoms with E-state index in [1.165, 1.54) is 25.1 Å². The summed E-state index contributed by atoms with van der Waals surface area (Å²) in [5, 5.41) is 2.69. The number of nitrogens with one attached hydrogen (secondary N) is 1. The van der Waals surface area contributed by atoms with Gasteiger partial charge >= 0.3 is 12.6 Å². The number of amides is 1. The number of rotatable bonds is 9. The molecule has 6 nitrogen and oxygen atoms in total. The summed E-state index contributed by atoms with van der Waals surface area (Å²) >= 11 is 0. The summed E-state index contributed by atoms with van der Waals surface area (Å²) < 4.78 is 39.7. The van der Waals surface area contributed by atoms with Gasteiger partial charge in [-0.15, -0.1) is 0 Å². The lowest BCUT2D eigenvalue weighted by atomic mass is 10.1. The number of benzene rings is 2. The number of halogens is 2. The van der Waals surface area contributed by atoms with Crippen molar-refractivity contribution in [2.24, 2.45) is 0 Å². The van der Waals surface area contributed by atoms with Gasteiger partial charge in [0.2, 0.25) is 0 Å². The highest BCUT2D eigenvalue weighted by Crippen LogP contribution is 2.30. The second kappa shape index (κ2) is 10.4. The van der Waals surface area contributed by atoms with Crippen molar-refractivity contribution in [1.29, 1.82) is 0 Å². The van der Waals surface area contributed by atoms with Gasteiger partial charge in [0.25, 0.3) is 5.91 Å². The first kappa shape index (κ1) is 22.1. The average Bonchev–Trinajstić information content (AvgIpc) is 2.68. The van der Waals surface area contributed by atoms with Crippen LogP contribution in [0.2, 0.25) is 0 Å². The van der Waals surface area contributed by atoms with Crippen LogP contribution in [0.1, 0.15) is 35.3 Å². The molecule has 0 saturated carbocycles. The molecule has 0 unspecified atom stereocenters. The van der Waals surface area contributed by atoms with Crippen LogP contribution < -0.4 is 14.8 Å². The Morgan fingerprint density at radius 1 is 1.07 bits per heavy atom. The Labute approximate surface area is 167 Å². The van der Waals surface area contributed by atoms with Crippen LogP contribution >= 0.6 is 0 Å². The normalized spacial score (nSPS) is 11.7. The third kappa shape index (κ3) is 6.74. The number of carbonyl (C=O) groups excluding carboxylic acids is 2. The number of hydrogen-bond acceptors (Lipinski definition) is 5. The molecule has 1 atom stereocenters. The number of ether oxygens (including phenoxy) is 3. The molecular weight excluding hydrogens is 384 g/mol. The second-order valence-electron chi connectivity index (χ2n) is 6.22. The third-order valence-electron chi connectivity index (χ3n) is 3.94. The molecule has 2 aromatic carbocycles. The fourth-order valence-electron chi connectivity index (χ4n) is 2.42. The summed E-state index contributed by atoms with van der Waals surface area (Å²) in [6.45, 7) is 2.54. The monoisotopic (exact) mass is 407 g/mol. The SMILES string of the molecule is CCOc1cc(C(=O)O[C@@H](C)C(=O)NCc2ccc(C)cc2)ccc1OC(F)F. The van der Waals surface area contributed by atoms with Gasteiger partial charge in [-0.25, -0.2) is 4.79 Å². The second-order valence-corrected chi connectivity index (χ2v) is 6.22. The van der Waals surface area contributed by atoms with Crippen LogP contribution in [0.25, 0.3) is 0 Å². The van der Waals surface area contributed by atoms with Gasteiger partial charge in [0.15, 0.2) is 17.6 Å². The van der Waals surface area contributed by atoms with Gasteiger partial charge in [0, 0.05) is 6.54 Å². The van der Waals surface area contributed by atoms with E-state index in [-0.39, 0.29) is 23.7 Å². The smallest absolute Gasteiger partial charge is 0.387 e. The molecule has 156 valence electrons. The molecule has 29 heavy (non-hydrogen) atoms. The van der Waals surface area contributed by atoms with Gasteiger partial charge < -0.3 is 19.5 Å². The van der Waals surface area contributed by atoms with E-state index in [0.29, 0.717) is 6.54 Å². The van der Waals surface area contributed by atoms with E-state index >= 15 is 0 Å². The highest BCUT2D eigenvalue weighted by Gasteiger charge is 2.20. The molecule has 0 aromatic heterocycles. The lowest BCUT2D eigenvalue weighted by molar-refractivity contribution is -0.129. The third-order valence-corrected chi connectivity index (χ3v) is 3.94. The van der Waals surface area contributed by atoms with Crippen molar-refractivity contribution in [3.8, 4) is 11.5 Å². The molecule has 2 aromatic rings. The number of hydrogen-bond donors (Lipinski definition) is 1. The lowest BCUT2D eigenvalue weighted by Crippen LogP contribution is -2.35. The minimum Gasteiger partial charge on any atom is -0.490 e. The molecule has 0 saturated heterocycles. The largest absolute Gasteiger partial charge is 0.490 e. The van der Waals surface area contributed by atoms with Crippen LogP contribution in [0.4, 0.5) is 8.78 Å². The van der Waals surface area contributed by atoms with Crippen LogP contribution in [0.3, 0.4) is 0 Å². The molecule has 0 aliphatic heterocycles. The average molecular weight is 407 g/mol. The van der Waals surface area contributed by atoms with Gasteiger partial charge in [0.1, 0.15) is 0 Å². The Hall–Kier alpha value is -3.16. The van der Waals surface area contributed by atoms with Gasteiger partial charge in [-0.1, -0.05) is 29.8 Å². The molecule has 0 fully saturated rings. The highest BCUT2D eigenvalue weighted by molar-refractivity contribution is 5.92. The quantitative estimate of drug-likeness (QED) is 0.639. The van der Waals surface area contributed by atoms with Crippen molar-refractivity contribution in [3.05, 3.63) is 59.2 Å². The lowest BCUT2D eigenvalue weighted by Gasteiger charge is -2.15. The van der Waals surface area contributed by atoms with Crippen LogP contribution in [-0.4, -0.2) is 31.2 Å². The Morgan fingerprint density at radius 3 is 2.38 bits per heavy atom. The molecule has 0 spiro atoms. The highest BCUT2D eigenvalue weighted by atomic mass is 19.3. The molecule has 0 radical (unpaired) electrons. The van der Waals surface area contributed by atoms with Gasteiger partial charge in [0.05, 0.1) is 12.2 Å². The van der Waals surface area contributed by atoms with Crippen molar-refractivity contribution in [1.82, 2.24) is 5.32 Å². The molecule has 1 amide bonds. The zero-order valence-corrected chi connectivity index (χ0v) is 16.4. The van der Waals surface area contributed by atoms with Crippen LogP contribution in [0, 0.1) is 6.92 Å². The first-order valence-electron chi connectivity index (χ1n) is 9.06. The van der Waals surface area contributed by atoms with Crippen molar-refractivity contribution in [2.45, 2.75) is 40.0 Å². The first-order chi connectivity index (χ1) is 13.8. The molecule has 0 bridgehead atoms. The maximum atomic E-state index is 12.5. The molecule has 8 heteroatoms. The van der Waals surface area contributed by atoms with Crippen molar-refractivity contribution in [3.63, 3.8) is 0 Å². The van der Waals surface area contributed by atoms with Gasteiger partial charge in [-0.3, -0.25) is 4.79 Å². The minimum atomic E-state index is -3.02. The van der Waals surface area contributed by atoms with E-state index in [9.17, 15) is 18.4 Å². The topological polar surface area (TPSA) is 73.9 Å². The Morgan fingerprint density at radius 2 is 1.76 bits per heavy atom. The maximum Gasteiger partial charge on any atom is 0.387 e. The van der Waals surface area contributed by atoms with E-state index < -0.39 is 24.6 Å². The van der Waals surface area contributed by atoms with Crippen molar-refractivity contribution < 1.29 is 32.6 Å². The van der Waals surface area contributed by atoms with Crippen molar-refractivity contribution in [2.75, 3.05) is 6.61 Å². The number of carbonyl (C=O) groups is 2. The van der Waals surface area contributed by atoms with Gasteiger partial charge in [-0.2, -0.15) is 8.78 Å². The fraction of sp³-hybridized carbons (Fsp3) is 0.333. The zero-order chi connectivity index (χ0) is 21.4. The molecule has 0 aliphatic carbocycles. The summed E-state index contributed by atoms with van der Waals surface area (Å²) in [4.78, 5) is 24.5.